The lowest BCUT2D eigenvalue weighted by molar-refractivity contribution is -0.137. The number of primary amides is 1. The number of hydrogen-bond acceptors (Lipinski definition) is 14. The number of aromatic nitrogens is 1. The van der Waals surface area contributed by atoms with E-state index in [0.29, 0.717) is 24.0 Å². The molecule has 10 atom stereocenters. The van der Waals surface area contributed by atoms with Crippen LogP contribution in [0.15, 0.2) is 91.1 Å². The molecule has 2 unspecified atom stereocenters. The van der Waals surface area contributed by atoms with Gasteiger partial charge in [-0.05, 0) is 68.8 Å². The summed E-state index contributed by atoms with van der Waals surface area (Å²) < 4.78 is 0. The van der Waals surface area contributed by atoms with Gasteiger partial charge in [0, 0.05) is 41.4 Å². The van der Waals surface area contributed by atoms with Crippen LogP contribution in [0.25, 0.3) is 10.9 Å². The van der Waals surface area contributed by atoms with Crippen LogP contribution in [0.4, 0.5) is 0 Å². The van der Waals surface area contributed by atoms with Gasteiger partial charge in [-0.3, -0.25) is 38.4 Å². The SMILES string of the molecule is CC(O)[C@H](NC(=O)[C@H](CS)NC(=O)[C@@H](NC(=O)[C@H](CCCCN)NC(=O)[C@@H](Cc1c[nH]c2ccccc12)NC(=O)[C@H](Cc1ccccc1)NC(=O)[C@H](CS)NC(=O)[C@H](N)Cc1ccccc1)C(C)O)C(N)=O. The van der Waals surface area contributed by atoms with E-state index in [1.165, 1.54) is 13.8 Å². The summed E-state index contributed by atoms with van der Waals surface area (Å²) in [6.45, 7) is 2.68. The highest BCUT2D eigenvalue weighted by Gasteiger charge is 2.36. The molecule has 390 valence electrons. The third kappa shape index (κ3) is 17.7. The van der Waals surface area contributed by atoms with Crippen molar-refractivity contribution in [2.75, 3.05) is 18.1 Å². The lowest BCUT2D eigenvalue weighted by Gasteiger charge is -2.28. The molecule has 0 aliphatic carbocycles. The van der Waals surface area contributed by atoms with E-state index < -0.39 is 108 Å². The smallest absolute Gasteiger partial charge is 0.245 e. The van der Waals surface area contributed by atoms with E-state index in [2.05, 4.69) is 67.5 Å². The number of rotatable bonds is 29. The Morgan fingerprint density at radius 3 is 1.53 bits per heavy atom. The van der Waals surface area contributed by atoms with Crippen LogP contribution in [-0.4, -0.2) is 141 Å². The maximum atomic E-state index is 14.6. The second-order valence-corrected chi connectivity index (χ2v) is 18.1. The highest BCUT2D eigenvalue weighted by molar-refractivity contribution is 7.80. The molecule has 0 fully saturated rings. The third-order valence-corrected chi connectivity index (χ3v) is 12.4. The Morgan fingerprint density at radius 1 is 0.542 bits per heavy atom. The summed E-state index contributed by atoms with van der Waals surface area (Å²) in [6, 6.07) is 14.2. The molecule has 0 spiro atoms. The fourth-order valence-electron chi connectivity index (χ4n) is 7.60. The van der Waals surface area contributed by atoms with Crippen molar-refractivity contribution in [1.82, 2.24) is 42.2 Å². The Hall–Kier alpha value is -6.50. The first-order valence-corrected chi connectivity index (χ1v) is 24.7. The van der Waals surface area contributed by atoms with Crippen molar-refractivity contribution in [3.8, 4) is 0 Å². The molecule has 3 aromatic carbocycles. The number of benzene rings is 3. The molecule has 1 aromatic heterocycles. The summed E-state index contributed by atoms with van der Waals surface area (Å²) in [4.78, 5) is 112. The van der Waals surface area contributed by atoms with Crippen LogP contribution in [0.1, 0.15) is 49.8 Å². The number of carbonyl (C=O) groups excluding carboxylic acids is 8. The number of H-pyrrole nitrogens is 1. The molecule has 0 saturated carbocycles. The van der Waals surface area contributed by atoms with Crippen molar-refractivity contribution < 1.29 is 48.6 Å². The zero-order valence-corrected chi connectivity index (χ0v) is 41.9. The number of unbranched alkanes of at least 4 members (excludes halogenated alkanes) is 1. The fraction of sp³-hybridized carbons (Fsp3) is 0.429. The van der Waals surface area contributed by atoms with Crippen molar-refractivity contribution in [2.45, 2.75) is 113 Å². The summed E-state index contributed by atoms with van der Waals surface area (Å²) >= 11 is 8.43. The zero-order chi connectivity index (χ0) is 52.9. The van der Waals surface area contributed by atoms with Crippen LogP contribution in [0.2, 0.25) is 0 Å². The van der Waals surface area contributed by atoms with Gasteiger partial charge in [0.25, 0.3) is 0 Å². The lowest BCUT2D eigenvalue weighted by Crippen LogP contribution is -2.62. The highest BCUT2D eigenvalue weighted by Crippen LogP contribution is 2.20. The van der Waals surface area contributed by atoms with Crippen LogP contribution < -0.4 is 54.4 Å². The van der Waals surface area contributed by atoms with Gasteiger partial charge in [0.05, 0.1) is 18.2 Å². The van der Waals surface area contributed by atoms with E-state index in [-0.39, 0.29) is 43.7 Å². The quantitative estimate of drug-likeness (QED) is 0.0211. The molecule has 0 aliphatic rings. The standard InChI is InChI=1S/C49H67N11O10S2/c1-27(61)40(42(52)63)59-48(69)39(26-72)58-49(70)41(28(2)62)60-44(65)35(19-11-12-20-50)54-46(67)37(23-31-24-53-34-18-10-9-17-32(31)34)56-45(66)36(22-30-15-7-4-8-16-30)55-47(68)38(25-71)57-43(64)33(51)21-29-13-5-3-6-14-29/h3-10,13-18,24,27-28,33,35-41,53,61-62,71-72H,11-12,19-23,25-26,50-51H2,1-2H3,(H2,52,63)(H,54,67)(H,55,68)(H,56,66)(H,57,64)(H,58,70)(H,59,69)(H,60,65)/t27?,28?,33-,35+,36+,37-,38+,39+,40+,41+/m1/s1. The van der Waals surface area contributed by atoms with Crippen LogP contribution in [0.3, 0.4) is 0 Å². The molecule has 0 saturated heterocycles. The number of carbonyl (C=O) groups is 8. The Labute approximate surface area is 428 Å². The number of nitrogens with two attached hydrogens (primary N) is 3. The molecule has 16 N–H and O–H groups in total. The summed E-state index contributed by atoms with van der Waals surface area (Å²) in [7, 11) is 0. The normalized spacial score (nSPS) is 15.4. The molecule has 4 rings (SSSR count). The van der Waals surface area contributed by atoms with Crippen molar-refractivity contribution in [2.24, 2.45) is 17.2 Å². The summed E-state index contributed by atoms with van der Waals surface area (Å²) in [5, 5.41) is 39.3. The summed E-state index contributed by atoms with van der Waals surface area (Å²) in [5.74, 6) is -7.36. The molecule has 8 amide bonds. The number of aliphatic hydroxyl groups is 2. The maximum Gasteiger partial charge on any atom is 0.245 e. The van der Waals surface area contributed by atoms with Crippen LogP contribution in [0, 0.1) is 0 Å². The molecule has 0 radical (unpaired) electrons. The topological polar surface area (TPSA) is 355 Å². The van der Waals surface area contributed by atoms with Crippen LogP contribution in [-0.2, 0) is 57.6 Å². The van der Waals surface area contributed by atoms with Crippen molar-refractivity contribution in [3.63, 3.8) is 0 Å². The van der Waals surface area contributed by atoms with Gasteiger partial charge in [-0.15, -0.1) is 0 Å². The zero-order valence-electron chi connectivity index (χ0n) is 40.1. The second kappa shape index (κ2) is 29.1. The van der Waals surface area contributed by atoms with Crippen LogP contribution in [0.5, 0.6) is 0 Å². The first-order valence-electron chi connectivity index (χ1n) is 23.4. The molecule has 0 aliphatic heterocycles. The molecule has 72 heavy (non-hydrogen) atoms. The number of thiol groups is 2. The minimum absolute atomic E-state index is 0.00920. The van der Waals surface area contributed by atoms with E-state index in [0.717, 1.165) is 16.5 Å². The minimum Gasteiger partial charge on any atom is -0.391 e. The number of amides is 8. The minimum atomic E-state index is -1.69. The number of aromatic amines is 1. The van der Waals surface area contributed by atoms with Crippen LogP contribution >= 0.6 is 25.3 Å². The number of aliphatic hydroxyl groups excluding tert-OH is 2. The van der Waals surface area contributed by atoms with E-state index in [9.17, 15) is 48.6 Å². The fourth-order valence-corrected chi connectivity index (χ4v) is 8.11. The largest absolute Gasteiger partial charge is 0.391 e. The molecular weight excluding hydrogens is 967 g/mol. The number of hydrogen-bond donors (Lipinski definition) is 15. The van der Waals surface area contributed by atoms with Gasteiger partial charge in [-0.25, -0.2) is 0 Å². The van der Waals surface area contributed by atoms with E-state index >= 15 is 0 Å². The highest BCUT2D eigenvalue weighted by atomic mass is 32.1. The molecule has 4 aromatic rings. The van der Waals surface area contributed by atoms with Gasteiger partial charge in [0.1, 0.15) is 42.3 Å². The number of para-hydroxylation sites is 1. The number of fused-ring (bicyclic) bond motifs is 1. The van der Waals surface area contributed by atoms with Gasteiger partial charge in [-0.1, -0.05) is 78.9 Å². The summed E-state index contributed by atoms with van der Waals surface area (Å²) in [6.07, 6.45) is -0.479. The summed E-state index contributed by atoms with van der Waals surface area (Å²) in [5.41, 5.74) is 20.1. The van der Waals surface area contributed by atoms with E-state index in [1.54, 1.807) is 42.6 Å². The Kier molecular flexibility index (Phi) is 23.5. The number of nitrogens with one attached hydrogen (secondary N) is 8. The molecule has 21 nitrogen and oxygen atoms in total. The van der Waals surface area contributed by atoms with Gasteiger partial charge >= 0.3 is 0 Å². The van der Waals surface area contributed by atoms with Gasteiger partial charge in [0.2, 0.25) is 47.3 Å². The van der Waals surface area contributed by atoms with Gasteiger partial charge in [-0.2, -0.15) is 25.3 Å². The van der Waals surface area contributed by atoms with Crippen molar-refractivity contribution in [3.05, 3.63) is 108 Å². The van der Waals surface area contributed by atoms with Gasteiger partial charge in [0.15, 0.2) is 0 Å². The molecule has 23 heteroatoms. The van der Waals surface area contributed by atoms with Crippen molar-refractivity contribution >= 4 is 83.4 Å². The molecular formula is C49H67N11O10S2. The first-order chi connectivity index (χ1) is 34.4. The second-order valence-electron chi connectivity index (χ2n) is 17.4. The Morgan fingerprint density at radius 2 is 0.986 bits per heavy atom. The predicted molar refractivity (Wildman–Crippen MR) is 277 cm³/mol. The molecule has 1 heterocycles. The monoisotopic (exact) mass is 1030 g/mol. The lowest BCUT2D eigenvalue weighted by atomic mass is 10.0. The molecule has 0 bridgehead atoms. The van der Waals surface area contributed by atoms with Gasteiger partial charge < -0.3 is 69.6 Å². The third-order valence-electron chi connectivity index (χ3n) is 11.6. The van der Waals surface area contributed by atoms with E-state index in [4.69, 9.17) is 17.2 Å². The van der Waals surface area contributed by atoms with Crippen molar-refractivity contribution in [1.29, 1.82) is 0 Å². The first kappa shape index (κ1) is 58.1. The maximum absolute atomic E-state index is 14.6. The Bertz CT molecular complexity index is 2450. The average Bonchev–Trinajstić information content (AvgIpc) is 3.77. The van der Waals surface area contributed by atoms with E-state index in [1.807, 2.05) is 48.5 Å². The Balaban J connectivity index is 1.61. The predicted octanol–water partition coefficient (Wildman–Crippen LogP) is -1.85. The average molecular weight is 1030 g/mol.